The summed E-state index contributed by atoms with van der Waals surface area (Å²) < 4.78 is 0.966. The molecule has 0 saturated carbocycles. The van der Waals surface area contributed by atoms with E-state index in [9.17, 15) is 9.90 Å². The number of aromatic carboxylic acids is 1. The molecule has 5 heteroatoms. The summed E-state index contributed by atoms with van der Waals surface area (Å²) in [5.41, 5.74) is 3.02. The van der Waals surface area contributed by atoms with Crippen molar-refractivity contribution in [2.24, 2.45) is 0 Å². The van der Waals surface area contributed by atoms with Crippen molar-refractivity contribution >= 4 is 33.4 Å². The molecule has 2 aromatic rings. The van der Waals surface area contributed by atoms with Crippen LogP contribution in [0.15, 0.2) is 34.8 Å². The zero-order chi connectivity index (χ0) is 15.4. The fraction of sp³-hybridized carbons (Fsp3) is 0.250. The molecule has 0 spiro atoms. The van der Waals surface area contributed by atoms with E-state index in [0.29, 0.717) is 5.82 Å². The molecule has 1 aromatic heterocycles. The Labute approximate surface area is 132 Å². The zero-order valence-electron chi connectivity index (χ0n) is 12.0. The molecule has 0 amide bonds. The summed E-state index contributed by atoms with van der Waals surface area (Å²) in [5.74, 6) is -0.390. The van der Waals surface area contributed by atoms with Gasteiger partial charge >= 0.3 is 5.97 Å². The fourth-order valence-electron chi connectivity index (χ4n) is 2.12. The van der Waals surface area contributed by atoms with Crippen molar-refractivity contribution in [1.82, 2.24) is 4.98 Å². The molecule has 0 radical (unpaired) electrons. The summed E-state index contributed by atoms with van der Waals surface area (Å²) in [6, 6.07) is 9.11. The van der Waals surface area contributed by atoms with Gasteiger partial charge in [-0.1, -0.05) is 29.3 Å². The van der Waals surface area contributed by atoms with Gasteiger partial charge in [0.15, 0.2) is 0 Å². The number of pyridine rings is 1. The number of hydrogen-bond donors (Lipinski definition) is 2. The Balaban J connectivity index is 2.35. The molecule has 0 atom stereocenters. The van der Waals surface area contributed by atoms with Gasteiger partial charge in [-0.05, 0) is 49.2 Å². The zero-order valence-corrected chi connectivity index (χ0v) is 13.6. The second kappa shape index (κ2) is 6.72. The highest BCUT2D eigenvalue weighted by molar-refractivity contribution is 9.10. The van der Waals surface area contributed by atoms with Gasteiger partial charge in [-0.3, -0.25) is 0 Å². The largest absolute Gasteiger partial charge is 0.478 e. The maximum absolute atomic E-state index is 11.2. The van der Waals surface area contributed by atoms with Crippen LogP contribution in [0.5, 0.6) is 0 Å². The number of nitrogens with zero attached hydrogens (tertiary/aromatic N) is 1. The molecule has 0 bridgehead atoms. The fourth-order valence-corrected chi connectivity index (χ4v) is 2.72. The lowest BCUT2D eigenvalue weighted by Gasteiger charge is -2.10. The molecule has 2 rings (SSSR count). The van der Waals surface area contributed by atoms with Gasteiger partial charge in [0.05, 0.1) is 5.56 Å². The van der Waals surface area contributed by atoms with Crippen molar-refractivity contribution in [3.8, 4) is 0 Å². The van der Waals surface area contributed by atoms with Gasteiger partial charge in [0.25, 0.3) is 0 Å². The van der Waals surface area contributed by atoms with Crippen molar-refractivity contribution in [3.05, 3.63) is 51.6 Å². The SMILES string of the molecule is CCCc1cc(C(=O)O)cc(Nc2cc(C)cc(Br)c2)n1. The van der Waals surface area contributed by atoms with E-state index in [-0.39, 0.29) is 5.56 Å². The van der Waals surface area contributed by atoms with Crippen molar-refractivity contribution in [2.75, 3.05) is 5.32 Å². The Morgan fingerprint density at radius 1 is 1.29 bits per heavy atom. The predicted octanol–water partition coefficient (Wildman–Crippen LogP) is 4.55. The molecule has 2 N–H and O–H groups in total. The molecule has 1 aromatic carbocycles. The molecular weight excluding hydrogens is 332 g/mol. The van der Waals surface area contributed by atoms with Crippen LogP contribution in [-0.4, -0.2) is 16.1 Å². The summed E-state index contributed by atoms with van der Waals surface area (Å²) in [6.45, 7) is 4.04. The molecular formula is C16H17BrN2O2. The lowest BCUT2D eigenvalue weighted by Crippen LogP contribution is -2.04. The number of anilines is 2. The van der Waals surface area contributed by atoms with Gasteiger partial charge in [-0.25, -0.2) is 9.78 Å². The first-order chi connectivity index (χ1) is 9.97. The molecule has 0 fully saturated rings. The molecule has 0 saturated heterocycles. The molecule has 0 aliphatic heterocycles. The second-order valence-corrected chi connectivity index (χ2v) is 5.85. The number of benzene rings is 1. The average molecular weight is 349 g/mol. The number of carboxylic acids is 1. The molecule has 0 aliphatic rings. The monoisotopic (exact) mass is 348 g/mol. The minimum Gasteiger partial charge on any atom is -0.478 e. The van der Waals surface area contributed by atoms with Crippen LogP contribution in [0.25, 0.3) is 0 Å². The third-order valence-corrected chi connectivity index (χ3v) is 3.40. The number of carboxylic acid groups (broad SMARTS) is 1. The number of hydrogen-bond acceptors (Lipinski definition) is 3. The van der Waals surface area contributed by atoms with Crippen LogP contribution >= 0.6 is 15.9 Å². The van der Waals surface area contributed by atoms with Gasteiger partial charge in [0, 0.05) is 15.9 Å². The summed E-state index contributed by atoms with van der Waals surface area (Å²) in [6.07, 6.45) is 1.68. The minimum atomic E-state index is -0.941. The van der Waals surface area contributed by atoms with E-state index in [4.69, 9.17) is 0 Å². The van der Waals surface area contributed by atoms with Crippen molar-refractivity contribution in [3.63, 3.8) is 0 Å². The van der Waals surface area contributed by atoms with E-state index < -0.39 is 5.97 Å². The number of carbonyl (C=O) groups is 1. The van der Waals surface area contributed by atoms with Gasteiger partial charge in [-0.2, -0.15) is 0 Å². The average Bonchev–Trinajstić information content (AvgIpc) is 2.37. The van der Waals surface area contributed by atoms with Crippen LogP contribution in [0.2, 0.25) is 0 Å². The Morgan fingerprint density at radius 2 is 2.05 bits per heavy atom. The Bertz CT molecular complexity index is 651. The molecule has 0 unspecified atom stereocenters. The number of nitrogens with one attached hydrogen (secondary N) is 1. The predicted molar refractivity (Wildman–Crippen MR) is 87.4 cm³/mol. The van der Waals surface area contributed by atoms with Gasteiger partial charge in [0.1, 0.15) is 5.82 Å². The number of aryl methyl sites for hydroxylation is 2. The normalized spacial score (nSPS) is 10.4. The Hall–Kier alpha value is -1.88. The van der Waals surface area contributed by atoms with Crippen molar-refractivity contribution < 1.29 is 9.90 Å². The molecule has 1 heterocycles. The summed E-state index contributed by atoms with van der Waals surface area (Å²) in [7, 11) is 0. The highest BCUT2D eigenvalue weighted by Gasteiger charge is 2.09. The van der Waals surface area contributed by atoms with E-state index in [1.165, 1.54) is 0 Å². The Kier molecular flexibility index (Phi) is 4.96. The molecule has 0 aliphatic carbocycles. The molecule has 4 nitrogen and oxygen atoms in total. The maximum atomic E-state index is 11.2. The van der Waals surface area contributed by atoms with Crippen LogP contribution in [0.1, 0.15) is 35.0 Å². The van der Waals surface area contributed by atoms with E-state index in [1.54, 1.807) is 12.1 Å². The number of rotatable bonds is 5. The second-order valence-electron chi connectivity index (χ2n) is 4.93. The molecule has 110 valence electrons. The Morgan fingerprint density at radius 3 is 2.67 bits per heavy atom. The topological polar surface area (TPSA) is 62.2 Å². The van der Waals surface area contributed by atoms with Crippen molar-refractivity contribution in [2.45, 2.75) is 26.7 Å². The van der Waals surface area contributed by atoms with Gasteiger partial charge < -0.3 is 10.4 Å². The van der Waals surface area contributed by atoms with Crippen LogP contribution in [0.3, 0.4) is 0 Å². The highest BCUT2D eigenvalue weighted by atomic mass is 79.9. The first-order valence-corrected chi connectivity index (χ1v) is 7.55. The lowest BCUT2D eigenvalue weighted by atomic mass is 10.1. The maximum Gasteiger partial charge on any atom is 0.335 e. The summed E-state index contributed by atoms with van der Waals surface area (Å²) in [5, 5.41) is 12.4. The smallest absolute Gasteiger partial charge is 0.335 e. The first kappa shape index (κ1) is 15.5. The third kappa shape index (κ3) is 4.29. The highest BCUT2D eigenvalue weighted by Crippen LogP contribution is 2.23. The molecule has 21 heavy (non-hydrogen) atoms. The van der Waals surface area contributed by atoms with Crippen LogP contribution in [0, 0.1) is 6.92 Å². The quantitative estimate of drug-likeness (QED) is 0.832. The van der Waals surface area contributed by atoms with E-state index in [2.05, 4.69) is 26.2 Å². The summed E-state index contributed by atoms with van der Waals surface area (Å²) >= 11 is 3.45. The summed E-state index contributed by atoms with van der Waals surface area (Å²) in [4.78, 5) is 15.7. The van der Waals surface area contributed by atoms with Crippen LogP contribution < -0.4 is 5.32 Å². The van der Waals surface area contributed by atoms with Crippen LogP contribution in [0.4, 0.5) is 11.5 Å². The van der Waals surface area contributed by atoms with E-state index in [1.807, 2.05) is 32.0 Å². The minimum absolute atomic E-state index is 0.252. The third-order valence-electron chi connectivity index (χ3n) is 2.95. The first-order valence-electron chi connectivity index (χ1n) is 6.76. The standard InChI is InChI=1S/C16H17BrN2O2/c1-3-4-13-7-11(16(20)21)8-15(18-13)19-14-6-10(2)5-12(17)9-14/h5-9H,3-4H2,1-2H3,(H,18,19)(H,20,21). The van der Waals surface area contributed by atoms with E-state index >= 15 is 0 Å². The number of aromatic nitrogens is 1. The van der Waals surface area contributed by atoms with Gasteiger partial charge in [-0.15, -0.1) is 0 Å². The van der Waals surface area contributed by atoms with E-state index in [0.717, 1.165) is 34.3 Å². The van der Waals surface area contributed by atoms with Crippen molar-refractivity contribution in [1.29, 1.82) is 0 Å². The number of halogens is 1. The van der Waals surface area contributed by atoms with Crippen LogP contribution in [-0.2, 0) is 6.42 Å². The van der Waals surface area contributed by atoms with Gasteiger partial charge in [0.2, 0.25) is 0 Å². The lowest BCUT2D eigenvalue weighted by molar-refractivity contribution is 0.0696.